The number of anilines is 1. The van der Waals surface area contributed by atoms with Crippen LogP contribution < -0.4 is 14.8 Å². The van der Waals surface area contributed by atoms with E-state index in [0.717, 1.165) is 19.3 Å². The fraction of sp³-hybridized carbons (Fsp3) is 0.438. The molecular weight excluding hydrogens is 304 g/mol. The summed E-state index contributed by atoms with van der Waals surface area (Å²) in [5, 5.41) is 3.23. The Kier molecular flexibility index (Phi) is 5.95. The highest BCUT2D eigenvalue weighted by Crippen LogP contribution is 2.37. The quantitative estimate of drug-likeness (QED) is 0.659. The second-order valence-electron chi connectivity index (χ2n) is 5.11. The number of allylic oxidation sites excluding steroid dienone is 1. The smallest absolute Gasteiger partial charge is 0.321 e. The Morgan fingerprint density at radius 2 is 2.09 bits per heavy atom. The number of unbranched alkanes of at least 4 members (excludes halogenated alkanes) is 1. The normalized spacial score (nSPS) is 13.2. The van der Waals surface area contributed by atoms with E-state index in [1.165, 1.54) is 0 Å². The predicted molar refractivity (Wildman–Crippen MR) is 88.1 cm³/mol. The Labute approximate surface area is 135 Å². The first-order chi connectivity index (χ1) is 10.6. The van der Waals surface area contributed by atoms with Gasteiger partial charge in [-0.1, -0.05) is 17.7 Å². The summed E-state index contributed by atoms with van der Waals surface area (Å²) in [6.07, 6.45) is 4.41. The zero-order chi connectivity index (χ0) is 15.9. The maximum atomic E-state index is 12.2. The zero-order valence-electron chi connectivity index (χ0n) is 12.7. The van der Waals surface area contributed by atoms with Crippen LogP contribution in [0.4, 0.5) is 10.5 Å². The third-order valence-corrected chi connectivity index (χ3v) is 3.64. The number of carbonyl (C=O) groups excluding carboxylic acids is 1. The molecule has 0 unspecified atom stereocenters. The number of rotatable bonds is 5. The molecule has 0 radical (unpaired) electrons. The van der Waals surface area contributed by atoms with E-state index in [-0.39, 0.29) is 6.03 Å². The Morgan fingerprint density at radius 3 is 2.77 bits per heavy atom. The molecule has 0 spiro atoms. The lowest BCUT2D eigenvalue weighted by atomic mass is 10.2. The summed E-state index contributed by atoms with van der Waals surface area (Å²) in [6.45, 7) is 5.51. The summed E-state index contributed by atoms with van der Waals surface area (Å²) in [5.41, 5.74) is 0.520. The van der Waals surface area contributed by atoms with Crippen molar-refractivity contribution in [3.8, 4) is 11.5 Å². The van der Waals surface area contributed by atoms with Gasteiger partial charge < -0.3 is 19.7 Å². The zero-order valence-corrected chi connectivity index (χ0v) is 13.5. The number of benzene rings is 1. The number of fused-ring (bicyclic) bond motifs is 1. The molecule has 22 heavy (non-hydrogen) atoms. The molecule has 5 nitrogen and oxygen atoms in total. The van der Waals surface area contributed by atoms with Crippen molar-refractivity contribution < 1.29 is 14.3 Å². The third-order valence-electron chi connectivity index (χ3n) is 3.33. The average molecular weight is 325 g/mol. The molecule has 0 bridgehead atoms. The molecule has 1 heterocycles. The molecule has 0 aromatic heterocycles. The highest BCUT2D eigenvalue weighted by Gasteiger charge is 2.16. The first-order valence-electron chi connectivity index (χ1n) is 7.34. The van der Waals surface area contributed by atoms with Crippen molar-refractivity contribution in [3.05, 3.63) is 29.8 Å². The monoisotopic (exact) mass is 324 g/mol. The van der Waals surface area contributed by atoms with E-state index in [4.69, 9.17) is 21.1 Å². The van der Waals surface area contributed by atoms with Gasteiger partial charge in [-0.2, -0.15) is 0 Å². The van der Waals surface area contributed by atoms with Gasteiger partial charge in [-0.3, -0.25) is 0 Å². The Bertz CT molecular complexity index is 548. The van der Waals surface area contributed by atoms with Crippen LogP contribution in [0.5, 0.6) is 11.5 Å². The Balaban J connectivity index is 2.04. The van der Waals surface area contributed by atoms with Crippen molar-refractivity contribution in [2.75, 3.05) is 32.1 Å². The van der Waals surface area contributed by atoms with E-state index in [1.54, 1.807) is 24.1 Å². The summed E-state index contributed by atoms with van der Waals surface area (Å²) in [5.74, 6) is 1.21. The van der Waals surface area contributed by atoms with Crippen molar-refractivity contribution in [1.82, 2.24) is 4.90 Å². The van der Waals surface area contributed by atoms with Crippen LogP contribution >= 0.6 is 11.6 Å². The minimum absolute atomic E-state index is 0.208. The number of urea groups is 1. The molecule has 0 fully saturated rings. The second-order valence-corrected chi connectivity index (χ2v) is 5.52. The molecule has 120 valence electrons. The molecular formula is C16H21ClN2O3. The Morgan fingerprint density at radius 1 is 1.41 bits per heavy atom. The fourth-order valence-corrected chi connectivity index (χ4v) is 2.27. The molecule has 1 aliphatic heterocycles. The van der Waals surface area contributed by atoms with Crippen LogP contribution in [0.1, 0.15) is 19.3 Å². The van der Waals surface area contributed by atoms with Crippen LogP contribution in [-0.4, -0.2) is 37.7 Å². The van der Waals surface area contributed by atoms with Gasteiger partial charge in [0.05, 0.1) is 23.9 Å². The summed E-state index contributed by atoms with van der Waals surface area (Å²) in [4.78, 5) is 13.8. The number of amides is 2. The van der Waals surface area contributed by atoms with Crippen molar-refractivity contribution in [2.45, 2.75) is 19.3 Å². The van der Waals surface area contributed by atoms with Gasteiger partial charge in [0.2, 0.25) is 0 Å². The predicted octanol–water partition coefficient (Wildman–Crippen LogP) is 3.93. The van der Waals surface area contributed by atoms with E-state index in [2.05, 4.69) is 11.9 Å². The van der Waals surface area contributed by atoms with E-state index >= 15 is 0 Å². The number of nitrogens with zero attached hydrogens (tertiary/aromatic N) is 1. The minimum Gasteiger partial charge on any atom is -0.490 e. The maximum Gasteiger partial charge on any atom is 0.321 e. The number of nitrogens with one attached hydrogen (secondary N) is 1. The van der Waals surface area contributed by atoms with Crippen LogP contribution in [0.3, 0.4) is 0 Å². The molecule has 6 heteroatoms. The van der Waals surface area contributed by atoms with Crippen LogP contribution in [0.2, 0.25) is 5.02 Å². The summed E-state index contributed by atoms with van der Waals surface area (Å²) < 4.78 is 11.2. The standard InChI is InChI=1S/C16H21ClN2O3/c1-3-4-5-7-19(2)16(20)18-13-11-15-14(10-12(13)17)21-8-6-9-22-15/h3,10-11H,1,4-9H2,2H3,(H,18,20). The number of hydrogen-bond donors (Lipinski definition) is 1. The number of hydrogen-bond acceptors (Lipinski definition) is 3. The topological polar surface area (TPSA) is 50.8 Å². The molecule has 2 rings (SSSR count). The molecule has 0 aliphatic carbocycles. The lowest BCUT2D eigenvalue weighted by Gasteiger charge is -2.19. The van der Waals surface area contributed by atoms with Crippen LogP contribution in [-0.2, 0) is 0 Å². The largest absolute Gasteiger partial charge is 0.490 e. The van der Waals surface area contributed by atoms with Gasteiger partial charge in [0.25, 0.3) is 0 Å². The second kappa shape index (κ2) is 7.94. The molecule has 2 amide bonds. The molecule has 1 aromatic rings. The van der Waals surface area contributed by atoms with Gasteiger partial charge in [0.15, 0.2) is 11.5 Å². The molecule has 1 aromatic carbocycles. The van der Waals surface area contributed by atoms with Crippen LogP contribution in [0, 0.1) is 0 Å². The lowest BCUT2D eigenvalue weighted by molar-refractivity contribution is 0.222. The summed E-state index contributed by atoms with van der Waals surface area (Å²) in [6, 6.07) is 3.18. The van der Waals surface area contributed by atoms with Gasteiger partial charge in [-0.25, -0.2) is 4.79 Å². The number of carbonyl (C=O) groups is 1. The van der Waals surface area contributed by atoms with Gasteiger partial charge >= 0.3 is 6.03 Å². The highest BCUT2D eigenvalue weighted by atomic mass is 35.5. The minimum atomic E-state index is -0.208. The molecule has 1 N–H and O–H groups in total. The summed E-state index contributed by atoms with van der Waals surface area (Å²) >= 11 is 6.21. The lowest BCUT2D eigenvalue weighted by Crippen LogP contribution is -2.32. The molecule has 0 saturated heterocycles. The first-order valence-corrected chi connectivity index (χ1v) is 7.71. The molecule has 0 atom stereocenters. The van der Waals surface area contributed by atoms with Gasteiger partial charge in [-0.15, -0.1) is 6.58 Å². The van der Waals surface area contributed by atoms with Crippen molar-refractivity contribution >= 4 is 23.3 Å². The summed E-state index contributed by atoms with van der Waals surface area (Å²) in [7, 11) is 1.75. The first kappa shape index (κ1) is 16.5. The van der Waals surface area contributed by atoms with E-state index in [0.29, 0.717) is 42.0 Å². The van der Waals surface area contributed by atoms with E-state index in [1.807, 2.05) is 6.08 Å². The fourth-order valence-electron chi connectivity index (χ4n) is 2.06. The van der Waals surface area contributed by atoms with Crippen molar-refractivity contribution in [1.29, 1.82) is 0 Å². The SMILES string of the molecule is C=CCCCN(C)C(=O)Nc1cc2c(cc1Cl)OCCCO2. The molecule has 1 aliphatic rings. The number of halogens is 1. The van der Waals surface area contributed by atoms with E-state index in [9.17, 15) is 4.79 Å². The van der Waals surface area contributed by atoms with Crippen molar-refractivity contribution in [3.63, 3.8) is 0 Å². The highest BCUT2D eigenvalue weighted by molar-refractivity contribution is 6.34. The maximum absolute atomic E-state index is 12.2. The van der Waals surface area contributed by atoms with E-state index < -0.39 is 0 Å². The van der Waals surface area contributed by atoms with Crippen LogP contribution in [0.15, 0.2) is 24.8 Å². The van der Waals surface area contributed by atoms with Gasteiger partial charge in [0, 0.05) is 32.1 Å². The third kappa shape index (κ3) is 4.31. The average Bonchev–Trinajstić information content (AvgIpc) is 2.72. The van der Waals surface area contributed by atoms with Gasteiger partial charge in [-0.05, 0) is 12.8 Å². The van der Waals surface area contributed by atoms with Crippen LogP contribution in [0.25, 0.3) is 0 Å². The Hall–Kier alpha value is -1.88. The van der Waals surface area contributed by atoms with Gasteiger partial charge in [0.1, 0.15) is 0 Å². The number of ether oxygens (including phenoxy) is 2. The molecule has 0 saturated carbocycles. The van der Waals surface area contributed by atoms with Crippen molar-refractivity contribution in [2.24, 2.45) is 0 Å².